The first kappa shape index (κ1) is 47.6. The number of aryl methyl sites for hydroxylation is 2. The maximum absolute atomic E-state index is 12.3. The minimum Gasteiger partial charge on any atom is -0.406 e. The molecule has 0 bridgehead atoms. The van der Waals surface area contributed by atoms with Gasteiger partial charge in [-0.25, -0.2) is 9.78 Å². The van der Waals surface area contributed by atoms with Crippen molar-refractivity contribution >= 4 is 15.9 Å². The highest BCUT2D eigenvalue weighted by Gasteiger charge is 2.32. The topological polar surface area (TPSA) is 177 Å². The van der Waals surface area contributed by atoms with E-state index in [1.807, 2.05) is 31.2 Å². The zero-order valence-electron chi connectivity index (χ0n) is 32.7. The highest BCUT2D eigenvalue weighted by Crippen LogP contribution is 2.28. The molecule has 0 saturated heterocycles. The highest BCUT2D eigenvalue weighted by molar-refractivity contribution is 9.08. The number of nitrogens with one attached hydrogen (secondary N) is 1. The Hall–Kier alpha value is -7.42. The molecule has 21 heteroatoms. The Kier molecular flexibility index (Phi) is 15.7. The number of hydrogen-bond donors (Lipinski definition) is 1. The Morgan fingerprint density at radius 2 is 1.06 bits per heavy atom. The number of ether oxygens (including phenoxy) is 2. The standard InChI is InChI=1S/C21H15F3N4O3.C13H7F3N4O3.C8H9Br.CH4/c1-13-2-4-14(5-3-13)12-28-18(29)11-10-17(26-28)20-25-19(27-31-20)15-6-8-16(9-7-15)30-21(22,23)24;14-13(15,16)22-8-3-1-7(2-4-8)11-17-12(23-20-11)9-5-6-10(21)19-18-9;1-7-2-4-8(6-9)5-3-7;/h2-11H,12H2,1H3;1-6H,(H,19,21);2-5H,6H2,1H3;1H4. The summed E-state index contributed by atoms with van der Waals surface area (Å²) in [4.78, 5) is 31.4. The second kappa shape index (κ2) is 21.1. The van der Waals surface area contributed by atoms with Gasteiger partial charge in [-0.15, -0.1) is 26.3 Å². The highest BCUT2D eigenvalue weighted by atomic mass is 79.9. The summed E-state index contributed by atoms with van der Waals surface area (Å²) in [5, 5.41) is 18.7. The second-order valence-corrected chi connectivity index (χ2v) is 13.7. The number of aromatic nitrogens is 8. The van der Waals surface area contributed by atoms with Crippen LogP contribution in [0.15, 0.2) is 140 Å². The molecular weight excluding hydrogens is 918 g/mol. The van der Waals surface area contributed by atoms with Gasteiger partial charge in [0.15, 0.2) is 0 Å². The minimum atomic E-state index is -4.77. The van der Waals surface area contributed by atoms with Gasteiger partial charge in [-0.3, -0.25) is 9.59 Å². The van der Waals surface area contributed by atoms with Crippen LogP contribution in [-0.4, -0.2) is 53.0 Å². The van der Waals surface area contributed by atoms with E-state index in [-0.39, 0.29) is 65.7 Å². The first-order valence-electron chi connectivity index (χ1n) is 18.2. The van der Waals surface area contributed by atoms with E-state index in [1.165, 1.54) is 64.3 Å². The molecule has 0 amide bonds. The molecule has 0 spiro atoms. The molecule has 332 valence electrons. The molecule has 0 radical (unpaired) electrons. The molecule has 4 aromatic heterocycles. The molecule has 0 atom stereocenters. The van der Waals surface area contributed by atoms with Crippen molar-refractivity contribution in [2.45, 2.75) is 45.9 Å². The third-order valence-corrected chi connectivity index (χ3v) is 8.90. The predicted octanol–water partition coefficient (Wildman–Crippen LogP) is 10.1. The molecule has 0 unspecified atom stereocenters. The van der Waals surface area contributed by atoms with Crippen LogP contribution < -0.4 is 20.6 Å². The van der Waals surface area contributed by atoms with Crippen LogP contribution in [0, 0.1) is 13.8 Å². The average molecular weight is 954 g/mol. The van der Waals surface area contributed by atoms with Crippen molar-refractivity contribution in [2.24, 2.45) is 0 Å². The van der Waals surface area contributed by atoms with E-state index in [1.54, 1.807) is 0 Å². The van der Waals surface area contributed by atoms with Crippen molar-refractivity contribution in [3.63, 3.8) is 0 Å². The summed E-state index contributed by atoms with van der Waals surface area (Å²) in [6.07, 6.45) is -9.52. The van der Waals surface area contributed by atoms with Crippen molar-refractivity contribution in [2.75, 3.05) is 0 Å². The summed E-state index contributed by atoms with van der Waals surface area (Å²) in [5.74, 6) is -0.259. The number of rotatable bonds is 9. The summed E-state index contributed by atoms with van der Waals surface area (Å²) >= 11 is 3.38. The molecule has 4 aromatic carbocycles. The molecule has 0 aliphatic heterocycles. The van der Waals surface area contributed by atoms with Crippen LogP contribution in [0.1, 0.15) is 29.7 Å². The molecule has 8 aromatic rings. The van der Waals surface area contributed by atoms with Crippen LogP contribution in [0.3, 0.4) is 0 Å². The van der Waals surface area contributed by atoms with Gasteiger partial charge >= 0.3 is 12.7 Å². The van der Waals surface area contributed by atoms with Gasteiger partial charge in [-0.05, 0) is 85.6 Å². The Bertz CT molecular complexity index is 2830. The molecule has 0 aliphatic rings. The monoisotopic (exact) mass is 952 g/mol. The summed E-state index contributed by atoms with van der Waals surface area (Å²) in [6.45, 7) is 4.34. The van der Waals surface area contributed by atoms with Crippen molar-refractivity contribution in [3.05, 3.63) is 164 Å². The molecule has 64 heavy (non-hydrogen) atoms. The first-order chi connectivity index (χ1) is 30.0. The molecular formula is C43H35BrF6N8O6. The predicted molar refractivity (Wildman–Crippen MR) is 225 cm³/mol. The summed E-state index contributed by atoms with van der Waals surface area (Å²) < 4.78 is 92.2. The Morgan fingerprint density at radius 1 is 0.609 bits per heavy atom. The number of halogens is 7. The SMILES string of the molecule is C.Cc1ccc(CBr)cc1.Cc1ccc(Cn2nc(-c3nc(-c4ccc(OC(F)(F)F)cc4)no3)ccc2=O)cc1.O=c1ccc(-c2nc(-c3ccc(OC(F)(F)F)cc3)no2)n[nH]1. The maximum Gasteiger partial charge on any atom is 0.573 e. The van der Waals surface area contributed by atoms with E-state index in [2.05, 4.69) is 92.2 Å². The van der Waals surface area contributed by atoms with E-state index in [4.69, 9.17) is 9.05 Å². The fourth-order valence-electron chi connectivity index (χ4n) is 5.18. The quantitative estimate of drug-likeness (QED) is 0.107. The zero-order chi connectivity index (χ0) is 45.1. The third kappa shape index (κ3) is 14.1. The van der Waals surface area contributed by atoms with Gasteiger partial charge in [0.2, 0.25) is 11.6 Å². The van der Waals surface area contributed by atoms with E-state index < -0.39 is 12.7 Å². The lowest BCUT2D eigenvalue weighted by Crippen LogP contribution is -2.22. The average Bonchev–Trinajstić information content (AvgIpc) is 3.95. The van der Waals surface area contributed by atoms with Gasteiger partial charge in [-0.2, -0.15) is 20.2 Å². The normalized spacial score (nSPS) is 11.0. The van der Waals surface area contributed by atoms with Gasteiger partial charge in [0.25, 0.3) is 22.9 Å². The fraction of sp³-hybridized carbons (Fsp3) is 0.163. The van der Waals surface area contributed by atoms with Crippen molar-refractivity contribution in [1.29, 1.82) is 0 Å². The van der Waals surface area contributed by atoms with E-state index >= 15 is 0 Å². The second-order valence-electron chi connectivity index (χ2n) is 13.1. The fourth-order valence-corrected chi connectivity index (χ4v) is 5.56. The lowest BCUT2D eigenvalue weighted by molar-refractivity contribution is -0.275. The smallest absolute Gasteiger partial charge is 0.406 e. The lowest BCUT2D eigenvalue weighted by Gasteiger charge is -2.08. The molecule has 0 saturated carbocycles. The van der Waals surface area contributed by atoms with Crippen LogP contribution >= 0.6 is 15.9 Å². The number of hydrogen-bond acceptors (Lipinski definition) is 12. The molecule has 14 nitrogen and oxygen atoms in total. The van der Waals surface area contributed by atoms with Crippen LogP contribution in [0.5, 0.6) is 11.5 Å². The molecule has 8 rings (SSSR count). The summed E-state index contributed by atoms with van der Waals surface area (Å²) in [7, 11) is 0. The van der Waals surface area contributed by atoms with E-state index in [9.17, 15) is 35.9 Å². The van der Waals surface area contributed by atoms with Gasteiger partial charge in [-0.1, -0.05) is 93.3 Å². The number of aromatic amines is 1. The molecule has 1 N–H and O–H groups in total. The zero-order valence-corrected chi connectivity index (χ0v) is 34.3. The minimum absolute atomic E-state index is 0. The maximum atomic E-state index is 12.3. The van der Waals surface area contributed by atoms with Gasteiger partial charge < -0.3 is 18.5 Å². The van der Waals surface area contributed by atoms with E-state index in [0.29, 0.717) is 16.8 Å². The molecule has 0 fully saturated rings. The largest absolute Gasteiger partial charge is 0.573 e. The van der Waals surface area contributed by atoms with Crippen molar-refractivity contribution in [3.8, 4) is 57.4 Å². The lowest BCUT2D eigenvalue weighted by atomic mass is 10.1. The first-order valence-corrected chi connectivity index (χ1v) is 19.3. The Balaban J connectivity index is 0.000000204. The Labute approximate surface area is 367 Å². The Morgan fingerprint density at radius 3 is 1.50 bits per heavy atom. The summed E-state index contributed by atoms with van der Waals surface area (Å²) in [6, 6.07) is 31.7. The summed E-state index contributed by atoms with van der Waals surface area (Å²) in [5.41, 5.74) is 5.41. The van der Waals surface area contributed by atoms with Crippen LogP contribution in [0.4, 0.5) is 26.3 Å². The number of alkyl halides is 7. The van der Waals surface area contributed by atoms with Gasteiger partial charge in [0.1, 0.15) is 22.9 Å². The number of benzene rings is 4. The van der Waals surface area contributed by atoms with E-state index in [0.717, 1.165) is 40.7 Å². The third-order valence-electron chi connectivity index (χ3n) is 8.26. The van der Waals surface area contributed by atoms with Crippen LogP contribution in [0.2, 0.25) is 0 Å². The van der Waals surface area contributed by atoms with Crippen LogP contribution in [0.25, 0.3) is 45.9 Å². The van der Waals surface area contributed by atoms with Gasteiger partial charge in [0.05, 0.1) is 6.54 Å². The van der Waals surface area contributed by atoms with Gasteiger partial charge in [0, 0.05) is 28.6 Å². The molecule has 0 aliphatic carbocycles. The van der Waals surface area contributed by atoms with Crippen molar-refractivity contribution in [1.82, 2.24) is 40.3 Å². The number of H-pyrrole nitrogens is 1. The van der Waals surface area contributed by atoms with Crippen molar-refractivity contribution < 1.29 is 44.9 Å². The van der Waals surface area contributed by atoms with Crippen LogP contribution in [-0.2, 0) is 11.9 Å². The number of nitrogens with zero attached hydrogens (tertiary/aromatic N) is 7. The molecule has 4 heterocycles.